The minimum atomic E-state index is -1.54. The first-order valence-corrected chi connectivity index (χ1v) is 9.36. The van der Waals surface area contributed by atoms with Crippen LogP contribution < -0.4 is 0 Å². The average Bonchev–Trinajstić information content (AvgIpc) is 3.38. The average molecular weight is 424 g/mol. The molecule has 10 nitrogen and oxygen atoms in total. The Balaban J connectivity index is 1.90. The molecule has 0 amide bonds. The van der Waals surface area contributed by atoms with E-state index in [1.165, 1.54) is 38.4 Å². The standard InChI is InChI=1S/C21H20N4O6/c1-11(26)18-22-9-14(24-18)8-16(15-10-23-19(25-15)12(2)27)31-21(30)17(20(28)29)13-6-4-3-5-7-13/h3-7,9-10,16-17H,8H2,1-2H3,(H,22,24)(H,23,25)(H,28,29). The maximum atomic E-state index is 12.8. The van der Waals surface area contributed by atoms with Crippen molar-refractivity contribution in [2.45, 2.75) is 32.3 Å². The van der Waals surface area contributed by atoms with E-state index in [1.54, 1.807) is 18.2 Å². The number of rotatable bonds is 9. The van der Waals surface area contributed by atoms with Crippen LogP contribution in [-0.2, 0) is 20.7 Å². The number of carboxylic acid groups (broad SMARTS) is 1. The summed E-state index contributed by atoms with van der Waals surface area (Å²) in [5.41, 5.74) is 0.897. The smallest absolute Gasteiger partial charge is 0.325 e. The molecule has 0 saturated carbocycles. The Bertz CT molecular complexity index is 1120. The van der Waals surface area contributed by atoms with Gasteiger partial charge in [-0.1, -0.05) is 30.3 Å². The monoisotopic (exact) mass is 424 g/mol. The largest absolute Gasteiger partial charge is 0.480 e. The number of hydrogen-bond acceptors (Lipinski definition) is 7. The van der Waals surface area contributed by atoms with Crippen LogP contribution in [0.25, 0.3) is 0 Å². The number of hydrogen-bond donors (Lipinski definition) is 3. The molecular weight excluding hydrogens is 404 g/mol. The number of imidazole rings is 2. The second-order valence-electron chi connectivity index (χ2n) is 6.84. The fourth-order valence-electron chi connectivity index (χ4n) is 2.96. The van der Waals surface area contributed by atoms with Crippen LogP contribution in [0.5, 0.6) is 0 Å². The SMILES string of the molecule is CC(=O)c1nc(CC(OC(=O)C(C(=O)O)c2ccccc2)c2c[nH]c(C(C)=O)n2)c[nH]1. The van der Waals surface area contributed by atoms with Crippen LogP contribution in [0.3, 0.4) is 0 Å². The molecule has 0 spiro atoms. The van der Waals surface area contributed by atoms with E-state index >= 15 is 0 Å². The minimum Gasteiger partial charge on any atom is -0.480 e. The predicted octanol–water partition coefficient (Wildman–Crippen LogP) is 2.23. The highest BCUT2D eigenvalue weighted by atomic mass is 16.5. The highest BCUT2D eigenvalue weighted by Gasteiger charge is 2.33. The molecule has 0 fully saturated rings. The first-order valence-electron chi connectivity index (χ1n) is 9.36. The number of carbonyl (C=O) groups is 4. The van der Waals surface area contributed by atoms with Crippen molar-refractivity contribution in [3.63, 3.8) is 0 Å². The Morgan fingerprint density at radius 2 is 1.58 bits per heavy atom. The van der Waals surface area contributed by atoms with Crippen LogP contribution in [0.4, 0.5) is 0 Å². The van der Waals surface area contributed by atoms with Gasteiger partial charge < -0.3 is 19.8 Å². The molecule has 2 atom stereocenters. The summed E-state index contributed by atoms with van der Waals surface area (Å²) >= 11 is 0. The number of benzene rings is 1. The number of H-pyrrole nitrogens is 2. The van der Waals surface area contributed by atoms with Crippen molar-refractivity contribution >= 4 is 23.5 Å². The van der Waals surface area contributed by atoms with E-state index in [2.05, 4.69) is 19.9 Å². The fourth-order valence-corrected chi connectivity index (χ4v) is 2.96. The van der Waals surface area contributed by atoms with E-state index in [0.29, 0.717) is 5.69 Å². The number of ether oxygens (including phenoxy) is 1. The third-order valence-corrected chi connectivity index (χ3v) is 4.49. The Morgan fingerprint density at radius 3 is 2.13 bits per heavy atom. The normalized spacial score (nSPS) is 12.7. The van der Waals surface area contributed by atoms with Crippen LogP contribution >= 0.6 is 0 Å². The molecule has 3 aromatic rings. The van der Waals surface area contributed by atoms with Gasteiger partial charge in [0.15, 0.2) is 35.2 Å². The molecule has 0 bridgehead atoms. The molecule has 1 aromatic carbocycles. The van der Waals surface area contributed by atoms with Crippen molar-refractivity contribution in [3.8, 4) is 0 Å². The lowest BCUT2D eigenvalue weighted by Gasteiger charge is -2.18. The summed E-state index contributed by atoms with van der Waals surface area (Å²) in [4.78, 5) is 61.4. The van der Waals surface area contributed by atoms with Crippen molar-refractivity contribution in [3.05, 3.63) is 71.3 Å². The molecule has 0 aliphatic heterocycles. The van der Waals surface area contributed by atoms with E-state index in [4.69, 9.17) is 4.74 Å². The van der Waals surface area contributed by atoms with Crippen LogP contribution in [-0.4, -0.2) is 48.5 Å². The number of carboxylic acids is 1. The molecule has 31 heavy (non-hydrogen) atoms. The van der Waals surface area contributed by atoms with Crippen LogP contribution in [0.1, 0.15) is 64.1 Å². The van der Waals surface area contributed by atoms with Gasteiger partial charge >= 0.3 is 11.9 Å². The summed E-state index contributed by atoms with van der Waals surface area (Å²) in [6.07, 6.45) is 1.87. The summed E-state index contributed by atoms with van der Waals surface area (Å²) < 4.78 is 5.53. The summed E-state index contributed by atoms with van der Waals surface area (Å²) in [7, 11) is 0. The number of Topliss-reactive ketones (excluding diaryl/α,β-unsaturated/α-hetero) is 2. The highest BCUT2D eigenvalue weighted by molar-refractivity contribution is 6.00. The molecule has 160 valence electrons. The molecule has 3 rings (SSSR count). The lowest BCUT2D eigenvalue weighted by Crippen LogP contribution is -2.26. The van der Waals surface area contributed by atoms with Crippen LogP contribution in [0.2, 0.25) is 0 Å². The van der Waals surface area contributed by atoms with Gasteiger partial charge in [0.1, 0.15) is 0 Å². The van der Waals surface area contributed by atoms with Gasteiger partial charge in [0.2, 0.25) is 0 Å². The molecular formula is C21H20N4O6. The molecule has 2 unspecified atom stereocenters. The van der Waals surface area contributed by atoms with Crippen molar-refractivity contribution in [1.29, 1.82) is 0 Å². The van der Waals surface area contributed by atoms with Crippen molar-refractivity contribution in [2.24, 2.45) is 0 Å². The van der Waals surface area contributed by atoms with Crippen LogP contribution in [0.15, 0.2) is 42.7 Å². The number of ketones is 2. The zero-order valence-corrected chi connectivity index (χ0v) is 16.8. The van der Waals surface area contributed by atoms with Crippen molar-refractivity contribution < 1.29 is 29.0 Å². The predicted molar refractivity (Wildman–Crippen MR) is 107 cm³/mol. The highest BCUT2D eigenvalue weighted by Crippen LogP contribution is 2.26. The fraction of sp³-hybridized carbons (Fsp3) is 0.238. The first kappa shape index (κ1) is 21.6. The number of carbonyl (C=O) groups excluding carboxylic acids is 3. The van der Waals surface area contributed by atoms with Crippen LogP contribution in [0, 0.1) is 0 Å². The molecule has 0 radical (unpaired) electrons. The zero-order chi connectivity index (χ0) is 22.5. The van der Waals surface area contributed by atoms with Gasteiger partial charge in [0, 0.05) is 32.7 Å². The number of aromatic nitrogens is 4. The second-order valence-corrected chi connectivity index (χ2v) is 6.84. The van der Waals surface area contributed by atoms with Crippen molar-refractivity contribution in [2.75, 3.05) is 0 Å². The second kappa shape index (κ2) is 9.16. The molecule has 2 heterocycles. The summed E-state index contributed by atoms with van der Waals surface area (Å²) in [5, 5.41) is 9.59. The number of nitrogens with one attached hydrogen (secondary N) is 2. The third kappa shape index (κ3) is 5.10. The van der Waals surface area contributed by atoms with Gasteiger partial charge in [-0.15, -0.1) is 0 Å². The van der Waals surface area contributed by atoms with E-state index in [-0.39, 0.29) is 40.9 Å². The van der Waals surface area contributed by atoms with Gasteiger partial charge in [0.25, 0.3) is 0 Å². The van der Waals surface area contributed by atoms with Gasteiger partial charge in [-0.25, -0.2) is 9.97 Å². The molecule has 3 N–H and O–H groups in total. The Labute approximate surface area is 176 Å². The van der Waals surface area contributed by atoms with Gasteiger partial charge in [-0.2, -0.15) is 0 Å². The van der Waals surface area contributed by atoms with E-state index < -0.39 is 24.0 Å². The Morgan fingerprint density at radius 1 is 0.968 bits per heavy atom. The minimum absolute atomic E-state index is 0.0127. The van der Waals surface area contributed by atoms with E-state index in [9.17, 15) is 24.3 Å². The molecule has 0 aliphatic carbocycles. The van der Waals surface area contributed by atoms with Gasteiger partial charge in [0.05, 0.1) is 11.4 Å². The lowest BCUT2D eigenvalue weighted by molar-refractivity contribution is -0.158. The molecule has 0 saturated heterocycles. The number of aliphatic carboxylic acids is 1. The Hall–Kier alpha value is -4.08. The Kier molecular flexibility index (Phi) is 6.39. The summed E-state index contributed by atoms with van der Waals surface area (Å²) in [6.45, 7) is 2.68. The van der Waals surface area contributed by atoms with Gasteiger partial charge in [-0.3, -0.25) is 19.2 Å². The third-order valence-electron chi connectivity index (χ3n) is 4.49. The zero-order valence-electron chi connectivity index (χ0n) is 16.8. The first-order chi connectivity index (χ1) is 14.8. The number of aromatic amines is 2. The summed E-state index contributed by atoms with van der Waals surface area (Å²) in [6, 6.07) is 7.98. The van der Waals surface area contributed by atoms with E-state index in [0.717, 1.165) is 0 Å². The number of nitrogens with zero attached hydrogens (tertiary/aromatic N) is 2. The lowest BCUT2D eigenvalue weighted by atomic mass is 9.99. The maximum Gasteiger partial charge on any atom is 0.325 e. The summed E-state index contributed by atoms with van der Waals surface area (Å²) in [5.74, 6) is -4.27. The number of esters is 1. The molecule has 0 aliphatic rings. The van der Waals surface area contributed by atoms with E-state index in [1.807, 2.05) is 0 Å². The molecule has 10 heteroatoms. The topological polar surface area (TPSA) is 155 Å². The molecule has 2 aromatic heterocycles. The van der Waals surface area contributed by atoms with Gasteiger partial charge in [-0.05, 0) is 5.56 Å². The maximum absolute atomic E-state index is 12.8. The van der Waals surface area contributed by atoms with Crippen molar-refractivity contribution in [1.82, 2.24) is 19.9 Å². The quantitative estimate of drug-likeness (QED) is 0.268.